The third-order valence-electron chi connectivity index (χ3n) is 2.42. The standard InChI is InChI=1S/C13H23N3O2S/c1-5-6-14-10(4)11-8-19-12(15-11)16-13(17)18-7-9(2)3/h8-10,14H,5-7H2,1-4H3,(H,15,16,17). The van der Waals surface area contributed by atoms with Crippen LogP contribution in [0.2, 0.25) is 0 Å². The molecule has 0 saturated heterocycles. The number of carbonyl (C=O) groups excluding carboxylic acids is 1. The van der Waals surface area contributed by atoms with Crippen LogP contribution in [0.25, 0.3) is 0 Å². The molecular formula is C13H23N3O2S. The molecule has 0 spiro atoms. The van der Waals surface area contributed by atoms with E-state index in [1.54, 1.807) is 0 Å². The van der Waals surface area contributed by atoms with E-state index in [2.05, 4.69) is 29.5 Å². The van der Waals surface area contributed by atoms with Crippen LogP contribution in [0.15, 0.2) is 5.38 Å². The molecule has 1 rings (SSSR count). The van der Waals surface area contributed by atoms with Gasteiger partial charge in [-0.1, -0.05) is 20.8 Å². The molecular weight excluding hydrogens is 262 g/mol. The molecule has 1 atom stereocenters. The normalized spacial score (nSPS) is 12.5. The van der Waals surface area contributed by atoms with Crippen molar-refractivity contribution in [2.75, 3.05) is 18.5 Å². The van der Waals surface area contributed by atoms with Gasteiger partial charge in [0.15, 0.2) is 5.13 Å². The van der Waals surface area contributed by atoms with Crippen LogP contribution in [0.4, 0.5) is 9.93 Å². The Bertz CT molecular complexity index is 393. The van der Waals surface area contributed by atoms with Crippen molar-refractivity contribution in [3.63, 3.8) is 0 Å². The van der Waals surface area contributed by atoms with Crippen LogP contribution >= 0.6 is 11.3 Å². The fraction of sp³-hybridized carbons (Fsp3) is 0.692. The van der Waals surface area contributed by atoms with Crippen LogP contribution in [-0.4, -0.2) is 24.2 Å². The Morgan fingerprint density at radius 3 is 2.84 bits per heavy atom. The second-order valence-electron chi connectivity index (χ2n) is 4.87. The van der Waals surface area contributed by atoms with E-state index in [4.69, 9.17) is 4.74 Å². The number of thiazole rings is 1. The summed E-state index contributed by atoms with van der Waals surface area (Å²) in [4.78, 5) is 15.9. The van der Waals surface area contributed by atoms with Gasteiger partial charge in [-0.25, -0.2) is 9.78 Å². The lowest BCUT2D eigenvalue weighted by atomic mass is 10.2. The van der Waals surface area contributed by atoms with Gasteiger partial charge in [0.2, 0.25) is 0 Å². The van der Waals surface area contributed by atoms with Crippen molar-refractivity contribution in [2.24, 2.45) is 5.92 Å². The summed E-state index contributed by atoms with van der Waals surface area (Å²) in [7, 11) is 0. The molecule has 19 heavy (non-hydrogen) atoms. The molecule has 0 saturated carbocycles. The molecule has 1 amide bonds. The number of nitrogens with one attached hydrogen (secondary N) is 2. The van der Waals surface area contributed by atoms with Crippen molar-refractivity contribution in [3.8, 4) is 0 Å². The van der Waals surface area contributed by atoms with Gasteiger partial charge in [-0.15, -0.1) is 11.3 Å². The lowest BCUT2D eigenvalue weighted by molar-refractivity contribution is 0.147. The average Bonchev–Trinajstić information content (AvgIpc) is 2.82. The lowest BCUT2D eigenvalue weighted by Gasteiger charge is -2.09. The molecule has 0 aromatic carbocycles. The number of nitrogens with zero attached hydrogens (tertiary/aromatic N) is 1. The van der Waals surface area contributed by atoms with Crippen LogP contribution in [0.3, 0.4) is 0 Å². The van der Waals surface area contributed by atoms with Gasteiger partial charge >= 0.3 is 6.09 Å². The maximum absolute atomic E-state index is 11.5. The quantitative estimate of drug-likeness (QED) is 0.806. The molecule has 5 nitrogen and oxygen atoms in total. The second-order valence-corrected chi connectivity index (χ2v) is 5.73. The van der Waals surface area contributed by atoms with Gasteiger partial charge in [-0.3, -0.25) is 5.32 Å². The molecule has 0 fully saturated rings. The Morgan fingerprint density at radius 1 is 1.47 bits per heavy atom. The number of rotatable bonds is 7. The summed E-state index contributed by atoms with van der Waals surface area (Å²) in [5, 5.41) is 8.53. The largest absolute Gasteiger partial charge is 0.449 e. The Balaban J connectivity index is 2.43. The number of carbonyl (C=O) groups is 1. The second kappa shape index (κ2) is 8.12. The van der Waals surface area contributed by atoms with E-state index in [0.717, 1.165) is 18.7 Å². The molecule has 6 heteroatoms. The van der Waals surface area contributed by atoms with E-state index < -0.39 is 6.09 Å². The highest BCUT2D eigenvalue weighted by Crippen LogP contribution is 2.20. The smallest absolute Gasteiger partial charge is 0.413 e. The zero-order valence-electron chi connectivity index (χ0n) is 12.0. The fourth-order valence-electron chi connectivity index (χ4n) is 1.37. The van der Waals surface area contributed by atoms with E-state index in [1.807, 2.05) is 19.2 Å². The first-order valence-electron chi connectivity index (χ1n) is 6.65. The zero-order chi connectivity index (χ0) is 14.3. The number of hydrogen-bond donors (Lipinski definition) is 2. The molecule has 0 bridgehead atoms. The molecule has 1 aromatic rings. The van der Waals surface area contributed by atoms with Crippen LogP contribution in [0.1, 0.15) is 45.9 Å². The number of anilines is 1. The maximum atomic E-state index is 11.5. The van der Waals surface area contributed by atoms with Gasteiger partial charge in [0.05, 0.1) is 12.3 Å². The van der Waals surface area contributed by atoms with Gasteiger partial charge in [0, 0.05) is 11.4 Å². The van der Waals surface area contributed by atoms with Gasteiger partial charge < -0.3 is 10.1 Å². The topological polar surface area (TPSA) is 63.2 Å². The highest BCUT2D eigenvalue weighted by Gasteiger charge is 2.11. The molecule has 1 aromatic heterocycles. The Kier molecular flexibility index (Phi) is 6.80. The summed E-state index contributed by atoms with van der Waals surface area (Å²) in [6.45, 7) is 9.55. The van der Waals surface area contributed by atoms with Crippen molar-refractivity contribution < 1.29 is 9.53 Å². The van der Waals surface area contributed by atoms with Gasteiger partial charge in [0.1, 0.15) is 0 Å². The first kappa shape index (κ1) is 15.9. The van der Waals surface area contributed by atoms with Gasteiger partial charge in [-0.2, -0.15) is 0 Å². The number of hydrogen-bond acceptors (Lipinski definition) is 5. The van der Waals surface area contributed by atoms with E-state index >= 15 is 0 Å². The predicted molar refractivity (Wildman–Crippen MR) is 78.6 cm³/mol. The van der Waals surface area contributed by atoms with Crippen molar-refractivity contribution in [2.45, 2.75) is 40.2 Å². The van der Waals surface area contributed by atoms with E-state index in [-0.39, 0.29) is 6.04 Å². The Hall–Kier alpha value is -1.14. The molecule has 0 radical (unpaired) electrons. The summed E-state index contributed by atoms with van der Waals surface area (Å²) < 4.78 is 5.04. The Labute approximate surface area is 118 Å². The van der Waals surface area contributed by atoms with Crippen LogP contribution in [-0.2, 0) is 4.74 Å². The number of ether oxygens (including phenoxy) is 1. The summed E-state index contributed by atoms with van der Waals surface area (Å²) in [6, 6.07) is 0.193. The van der Waals surface area contributed by atoms with Gasteiger partial charge in [0.25, 0.3) is 0 Å². The highest BCUT2D eigenvalue weighted by atomic mass is 32.1. The van der Waals surface area contributed by atoms with Crippen molar-refractivity contribution in [1.82, 2.24) is 10.3 Å². The average molecular weight is 285 g/mol. The lowest BCUT2D eigenvalue weighted by Crippen LogP contribution is -2.20. The minimum Gasteiger partial charge on any atom is -0.449 e. The van der Waals surface area contributed by atoms with Crippen molar-refractivity contribution in [1.29, 1.82) is 0 Å². The van der Waals surface area contributed by atoms with Crippen molar-refractivity contribution in [3.05, 3.63) is 11.1 Å². The third-order valence-corrected chi connectivity index (χ3v) is 3.20. The minimum absolute atomic E-state index is 0.193. The summed E-state index contributed by atoms with van der Waals surface area (Å²) in [6.07, 6.45) is 0.643. The summed E-state index contributed by atoms with van der Waals surface area (Å²) in [5.41, 5.74) is 0.942. The number of amides is 1. The SMILES string of the molecule is CCCNC(C)c1csc(NC(=O)OCC(C)C)n1. The maximum Gasteiger partial charge on any atom is 0.413 e. The van der Waals surface area contributed by atoms with Crippen LogP contribution in [0, 0.1) is 5.92 Å². The van der Waals surface area contributed by atoms with E-state index in [9.17, 15) is 4.79 Å². The highest BCUT2D eigenvalue weighted by molar-refractivity contribution is 7.13. The number of aromatic nitrogens is 1. The zero-order valence-corrected chi connectivity index (χ0v) is 12.8. The third kappa shape index (κ3) is 6.02. The van der Waals surface area contributed by atoms with E-state index in [0.29, 0.717) is 17.7 Å². The molecule has 0 aliphatic carbocycles. The molecule has 1 unspecified atom stereocenters. The summed E-state index contributed by atoms with van der Waals surface area (Å²) >= 11 is 1.41. The summed E-state index contributed by atoms with van der Waals surface area (Å²) in [5.74, 6) is 0.330. The van der Waals surface area contributed by atoms with Gasteiger partial charge in [-0.05, 0) is 25.8 Å². The van der Waals surface area contributed by atoms with Crippen LogP contribution in [0.5, 0.6) is 0 Å². The monoisotopic (exact) mass is 285 g/mol. The Morgan fingerprint density at radius 2 is 2.21 bits per heavy atom. The minimum atomic E-state index is -0.441. The fourth-order valence-corrected chi connectivity index (χ4v) is 2.16. The molecule has 0 aliphatic heterocycles. The first-order chi connectivity index (χ1) is 9.02. The van der Waals surface area contributed by atoms with Crippen molar-refractivity contribution >= 4 is 22.6 Å². The first-order valence-corrected chi connectivity index (χ1v) is 7.53. The van der Waals surface area contributed by atoms with E-state index in [1.165, 1.54) is 11.3 Å². The molecule has 2 N–H and O–H groups in total. The predicted octanol–water partition coefficient (Wildman–Crippen LogP) is 3.41. The molecule has 1 heterocycles. The van der Waals surface area contributed by atoms with Crippen LogP contribution < -0.4 is 10.6 Å². The molecule has 0 aliphatic rings. The molecule has 108 valence electrons.